The quantitative estimate of drug-likeness (QED) is 0.598. The van der Waals surface area contributed by atoms with E-state index in [1.54, 1.807) is 6.92 Å². The summed E-state index contributed by atoms with van der Waals surface area (Å²) in [7, 11) is 0. The van der Waals surface area contributed by atoms with Crippen molar-refractivity contribution in [2.24, 2.45) is 0 Å². The minimum absolute atomic E-state index is 0. The summed E-state index contributed by atoms with van der Waals surface area (Å²) in [5.41, 5.74) is 0. The molecule has 0 radical (unpaired) electrons. The first kappa shape index (κ1) is 22.4. The van der Waals surface area contributed by atoms with Crippen molar-refractivity contribution in [1.82, 2.24) is 0 Å². The van der Waals surface area contributed by atoms with Gasteiger partial charge in [-0.3, -0.25) is 0 Å². The number of carbonyl (C=O) groups is 1. The predicted molar refractivity (Wildman–Crippen MR) is 55.0 cm³/mol. The summed E-state index contributed by atoms with van der Waals surface area (Å²) >= 11 is 0. The van der Waals surface area contributed by atoms with Crippen LogP contribution in [0.4, 0.5) is 0 Å². The average molecular weight is 162 g/mol. The second-order valence-electron chi connectivity index (χ2n) is 2.06. The van der Waals surface area contributed by atoms with Gasteiger partial charge < -0.3 is 4.79 Å². The van der Waals surface area contributed by atoms with Crippen molar-refractivity contribution in [3.8, 4) is 0 Å². The van der Waals surface area contributed by atoms with Gasteiger partial charge in [-0.25, -0.2) is 0 Å². The van der Waals surface area contributed by atoms with Crippen molar-refractivity contribution < 1.29 is 4.79 Å². The van der Waals surface area contributed by atoms with Gasteiger partial charge in [-0.2, -0.15) is 0 Å². The molecule has 0 N–H and O–H groups in total. The lowest BCUT2D eigenvalue weighted by Gasteiger charge is -1.71. The molecule has 0 aromatic heterocycles. The van der Waals surface area contributed by atoms with Crippen molar-refractivity contribution in [3.05, 3.63) is 0 Å². The maximum atomic E-state index is 9.81. The largest absolute Gasteiger partial charge is 0.300 e. The molecule has 1 nitrogen and oxygen atoms in total. The summed E-state index contributed by atoms with van der Waals surface area (Å²) in [6.45, 7) is 7.79. The molecule has 0 aliphatic heterocycles. The van der Waals surface area contributed by atoms with E-state index in [0.717, 1.165) is 0 Å². The molecule has 0 fully saturated rings. The molecular weight excluding hydrogens is 136 g/mol. The molecule has 0 amide bonds. The molecular formula is C10H26O. The number of hydrogen-bond donors (Lipinski definition) is 0. The van der Waals surface area contributed by atoms with Crippen molar-refractivity contribution in [3.63, 3.8) is 0 Å². The number of hydrogen-bond acceptors (Lipinski definition) is 1. The third kappa shape index (κ3) is 79.8. The van der Waals surface area contributed by atoms with Gasteiger partial charge in [0.1, 0.15) is 5.78 Å². The normalized spacial score (nSPS) is 6.18. The highest BCUT2D eigenvalue weighted by atomic mass is 16.1. The first-order valence-corrected chi connectivity index (χ1v) is 3.68. The molecule has 0 bridgehead atoms. The minimum Gasteiger partial charge on any atom is -0.300 e. The van der Waals surface area contributed by atoms with Crippen LogP contribution < -0.4 is 0 Å². The number of ketones is 1. The molecule has 0 aromatic carbocycles. The Kier molecular flexibility index (Phi) is 46.1. The SMILES string of the molecule is C.C.CCC(C)=O.CCCC. The van der Waals surface area contributed by atoms with Gasteiger partial charge in [0.15, 0.2) is 0 Å². The Hall–Kier alpha value is -0.330. The Morgan fingerprint density at radius 3 is 1.18 bits per heavy atom. The van der Waals surface area contributed by atoms with E-state index in [2.05, 4.69) is 13.8 Å². The number of Topliss-reactive ketones (excluding diaryl/α,β-unsaturated/α-hetero) is 1. The summed E-state index contributed by atoms with van der Waals surface area (Å²) in [5, 5.41) is 0. The summed E-state index contributed by atoms with van der Waals surface area (Å²) in [5.74, 6) is 0.255. The van der Waals surface area contributed by atoms with Gasteiger partial charge in [-0.1, -0.05) is 48.5 Å². The average Bonchev–Trinajstić information content (AvgIpc) is 1.89. The van der Waals surface area contributed by atoms with Gasteiger partial charge in [0.25, 0.3) is 0 Å². The van der Waals surface area contributed by atoms with Crippen LogP contribution in [-0.4, -0.2) is 5.78 Å². The molecule has 1 heteroatoms. The van der Waals surface area contributed by atoms with Gasteiger partial charge in [0.05, 0.1) is 0 Å². The van der Waals surface area contributed by atoms with Gasteiger partial charge in [-0.15, -0.1) is 0 Å². The lowest BCUT2D eigenvalue weighted by Crippen LogP contribution is -1.80. The smallest absolute Gasteiger partial charge is 0.129 e. The van der Waals surface area contributed by atoms with E-state index in [9.17, 15) is 4.79 Å². The maximum absolute atomic E-state index is 9.81. The van der Waals surface area contributed by atoms with Crippen LogP contribution in [0.15, 0.2) is 0 Å². The Bertz CT molecular complexity index is 55.9. The summed E-state index contributed by atoms with van der Waals surface area (Å²) < 4.78 is 0. The van der Waals surface area contributed by atoms with Gasteiger partial charge >= 0.3 is 0 Å². The van der Waals surface area contributed by atoms with Crippen molar-refractivity contribution in [1.29, 1.82) is 0 Å². The fourth-order valence-electron chi connectivity index (χ4n) is 0. The van der Waals surface area contributed by atoms with E-state index >= 15 is 0 Å². The molecule has 0 saturated carbocycles. The summed E-state index contributed by atoms with van der Waals surface area (Å²) in [6.07, 6.45) is 3.31. The zero-order valence-corrected chi connectivity index (χ0v) is 7.03. The monoisotopic (exact) mass is 162 g/mol. The highest BCUT2D eigenvalue weighted by Crippen LogP contribution is 1.76. The molecule has 0 saturated heterocycles. The molecule has 0 unspecified atom stereocenters. The zero-order chi connectivity index (χ0) is 7.70. The van der Waals surface area contributed by atoms with Crippen LogP contribution in [-0.2, 0) is 4.79 Å². The Morgan fingerprint density at radius 2 is 1.18 bits per heavy atom. The second-order valence-corrected chi connectivity index (χ2v) is 2.06. The van der Waals surface area contributed by atoms with E-state index in [1.165, 1.54) is 12.8 Å². The standard InChI is InChI=1S/C4H8O.C4H10.2CH4/c1-3-4(2)5;1-3-4-2;;/h3H2,1-2H3;3-4H2,1-2H3;2*1H4. The van der Waals surface area contributed by atoms with Gasteiger partial charge in [-0.05, 0) is 6.92 Å². The lowest BCUT2D eigenvalue weighted by atomic mass is 10.4. The first-order chi connectivity index (χ1) is 4.18. The first-order valence-electron chi connectivity index (χ1n) is 3.68. The molecule has 0 aliphatic rings. The Morgan fingerprint density at radius 1 is 1.00 bits per heavy atom. The number of carbonyl (C=O) groups excluding carboxylic acids is 1. The molecule has 0 heterocycles. The minimum atomic E-state index is 0. The summed E-state index contributed by atoms with van der Waals surface area (Å²) in [6, 6.07) is 0. The molecule has 11 heavy (non-hydrogen) atoms. The van der Waals surface area contributed by atoms with Crippen LogP contribution in [0.3, 0.4) is 0 Å². The second kappa shape index (κ2) is 22.6. The predicted octanol–water partition coefficient (Wildman–Crippen LogP) is 4.06. The van der Waals surface area contributed by atoms with Crippen molar-refractivity contribution in [2.45, 2.75) is 61.8 Å². The maximum Gasteiger partial charge on any atom is 0.129 e. The van der Waals surface area contributed by atoms with Crippen molar-refractivity contribution in [2.75, 3.05) is 0 Å². The van der Waals surface area contributed by atoms with Crippen LogP contribution in [0.5, 0.6) is 0 Å². The van der Waals surface area contributed by atoms with E-state index in [1.807, 2.05) is 6.92 Å². The number of rotatable bonds is 2. The van der Waals surface area contributed by atoms with E-state index in [-0.39, 0.29) is 20.6 Å². The van der Waals surface area contributed by atoms with Crippen molar-refractivity contribution >= 4 is 5.78 Å². The van der Waals surface area contributed by atoms with Crippen LogP contribution in [0.1, 0.15) is 61.8 Å². The fourth-order valence-corrected chi connectivity index (χ4v) is 0. The van der Waals surface area contributed by atoms with Gasteiger partial charge in [0, 0.05) is 6.42 Å². The Balaban J connectivity index is -0.0000000383. The van der Waals surface area contributed by atoms with Gasteiger partial charge in [0.2, 0.25) is 0 Å². The topological polar surface area (TPSA) is 17.1 Å². The highest BCUT2D eigenvalue weighted by molar-refractivity contribution is 5.74. The molecule has 0 atom stereocenters. The molecule has 72 valence electrons. The van der Waals surface area contributed by atoms with Crippen LogP contribution >= 0.6 is 0 Å². The molecule has 0 aromatic rings. The third-order valence-electron chi connectivity index (χ3n) is 0.998. The molecule has 0 spiro atoms. The van der Waals surface area contributed by atoms with E-state index < -0.39 is 0 Å². The van der Waals surface area contributed by atoms with Crippen LogP contribution in [0, 0.1) is 0 Å². The van der Waals surface area contributed by atoms with Crippen LogP contribution in [0.25, 0.3) is 0 Å². The lowest BCUT2D eigenvalue weighted by molar-refractivity contribution is -0.116. The fraction of sp³-hybridized carbons (Fsp3) is 0.900. The molecule has 0 rings (SSSR count). The Labute approximate surface area is 73.2 Å². The molecule has 0 aliphatic carbocycles. The van der Waals surface area contributed by atoms with Crippen LogP contribution in [0.2, 0.25) is 0 Å². The van der Waals surface area contributed by atoms with E-state index in [4.69, 9.17) is 0 Å². The zero-order valence-electron chi connectivity index (χ0n) is 7.03. The number of unbranched alkanes of at least 4 members (excludes halogenated alkanes) is 1. The summed E-state index contributed by atoms with van der Waals surface area (Å²) in [4.78, 5) is 9.81. The highest BCUT2D eigenvalue weighted by Gasteiger charge is 1.76. The third-order valence-corrected chi connectivity index (χ3v) is 0.998. The van der Waals surface area contributed by atoms with E-state index in [0.29, 0.717) is 6.42 Å².